The Hall–Kier alpha value is -0.120. The van der Waals surface area contributed by atoms with Gasteiger partial charge in [-0.25, -0.2) is 4.98 Å². The summed E-state index contributed by atoms with van der Waals surface area (Å²) in [6.07, 6.45) is 2.68. The summed E-state index contributed by atoms with van der Waals surface area (Å²) in [7, 11) is 0. The molecule has 1 aromatic rings. The first kappa shape index (κ1) is 9.44. The van der Waals surface area contributed by atoms with Crippen molar-refractivity contribution in [1.29, 1.82) is 0 Å². The molecule has 2 nitrogen and oxygen atoms in total. The van der Waals surface area contributed by atoms with Crippen LogP contribution in [0.4, 0.5) is 0 Å². The van der Waals surface area contributed by atoms with Crippen molar-refractivity contribution in [3.05, 3.63) is 16.1 Å². The second kappa shape index (κ2) is 4.40. The number of rotatable bonds is 5. The molecule has 2 rings (SSSR count). The van der Waals surface area contributed by atoms with Crippen molar-refractivity contribution in [2.45, 2.75) is 25.3 Å². The molecular formula is C9H12ClNOS. The Kier molecular flexibility index (Phi) is 3.19. The van der Waals surface area contributed by atoms with Crippen LogP contribution in [0.15, 0.2) is 5.38 Å². The van der Waals surface area contributed by atoms with Gasteiger partial charge in [0.2, 0.25) is 0 Å². The van der Waals surface area contributed by atoms with Crippen LogP contribution in [0.5, 0.6) is 0 Å². The van der Waals surface area contributed by atoms with Crippen LogP contribution in [-0.2, 0) is 17.2 Å². The Morgan fingerprint density at radius 2 is 2.46 bits per heavy atom. The first-order chi connectivity index (χ1) is 6.38. The van der Waals surface area contributed by atoms with E-state index in [9.17, 15) is 0 Å². The average molecular weight is 218 g/mol. The second-order valence-corrected chi connectivity index (χ2v) is 4.53. The number of aromatic nitrogens is 1. The molecule has 0 amide bonds. The summed E-state index contributed by atoms with van der Waals surface area (Å²) in [4.78, 5) is 4.31. The molecule has 72 valence electrons. The molecule has 1 heterocycles. The number of nitrogens with zero attached hydrogens (tertiary/aromatic N) is 1. The minimum Gasteiger partial charge on any atom is -0.374 e. The fourth-order valence-corrected chi connectivity index (χ4v) is 2.03. The lowest BCUT2D eigenvalue weighted by Gasteiger charge is -1.98. The first-order valence-corrected chi connectivity index (χ1v) is 5.87. The molecule has 0 bridgehead atoms. The quantitative estimate of drug-likeness (QED) is 0.708. The molecule has 1 aromatic heterocycles. The normalized spacial score (nSPS) is 16.4. The zero-order valence-electron chi connectivity index (χ0n) is 7.33. The molecule has 0 N–H and O–H groups in total. The largest absolute Gasteiger partial charge is 0.374 e. The smallest absolute Gasteiger partial charge is 0.119 e. The van der Waals surface area contributed by atoms with Crippen molar-refractivity contribution in [2.24, 2.45) is 5.92 Å². The van der Waals surface area contributed by atoms with Gasteiger partial charge in [0.05, 0.1) is 18.2 Å². The van der Waals surface area contributed by atoms with Gasteiger partial charge >= 0.3 is 0 Å². The van der Waals surface area contributed by atoms with Crippen molar-refractivity contribution < 1.29 is 4.74 Å². The van der Waals surface area contributed by atoms with E-state index in [0.29, 0.717) is 12.5 Å². The summed E-state index contributed by atoms with van der Waals surface area (Å²) in [5, 5.41) is 3.03. The second-order valence-electron chi connectivity index (χ2n) is 3.32. The molecule has 0 unspecified atom stereocenters. The summed E-state index contributed by atoms with van der Waals surface area (Å²) < 4.78 is 5.51. The maximum absolute atomic E-state index is 5.64. The molecule has 0 aromatic carbocycles. The van der Waals surface area contributed by atoms with Crippen LogP contribution in [0.1, 0.15) is 23.5 Å². The van der Waals surface area contributed by atoms with Crippen LogP contribution in [-0.4, -0.2) is 11.6 Å². The van der Waals surface area contributed by atoms with Gasteiger partial charge in [-0.1, -0.05) is 0 Å². The highest BCUT2D eigenvalue weighted by Gasteiger charge is 2.21. The summed E-state index contributed by atoms with van der Waals surface area (Å²) in [5.74, 6) is 1.33. The standard InChI is InChI=1S/C9H12ClNOS/c10-3-8-6-13-9(11-8)5-12-4-7-1-2-7/h6-7H,1-5H2. The van der Waals surface area contributed by atoms with Crippen molar-refractivity contribution in [1.82, 2.24) is 4.98 Å². The molecule has 1 fully saturated rings. The highest BCUT2D eigenvalue weighted by atomic mass is 35.5. The average Bonchev–Trinajstić information content (AvgIpc) is 2.84. The third-order valence-corrected chi connectivity index (χ3v) is 3.16. The Bertz CT molecular complexity index is 272. The van der Waals surface area contributed by atoms with Gasteiger partial charge < -0.3 is 4.74 Å². The molecule has 0 aliphatic heterocycles. The Labute approximate surface area is 86.9 Å². The zero-order chi connectivity index (χ0) is 9.10. The van der Waals surface area contributed by atoms with E-state index in [-0.39, 0.29) is 0 Å². The monoisotopic (exact) mass is 217 g/mol. The molecule has 0 radical (unpaired) electrons. The van der Waals surface area contributed by atoms with E-state index in [2.05, 4.69) is 4.98 Å². The van der Waals surface area contributed by atoms with Crippen LogP contribution in [0.2, 0.25) is 0 Å². The van der Waals surface area contributed by atoms with Gasteiger partial charge in [-0.15, -0.1) is 22.9 Å². The summed E-state index contributed by atoms with van der Waals surface area (Å²) in [6, 6.07) is 0. The van der Waals surface area contributed by atoms with Crippen LogP contribution in [0.3, 0.4) is 0 Å². The van der Waals surface area contributed by atoms with Gasteiger partial charge in [0.25, 0.3) is 0 Å². The molecule has 1 saturated carbocycles. The van der Waals surface area contributed by atoms with E-state index in [0.717, 1.165) is 23.2 Å². The minimum absolute atomic E-state index is 0.499. The van der Waals surface area contributed by atoms with Crippen molar-refractivity contribution >= 4 is 22.9 Å². The Morgan fingerprint density at radius 3 is 3.08 bits per heavy atom. The number of halogens is 1. The predicted molar refractivity (Wildman–Crippen MR) is 54.1 cm³/mol. The molecule has 0 saturated heterocycles. The Balaban J connectivity index is 1.72. The van der Waals surface area contributed by atoms with Gasteiger partial charge in [-0.05, 0) is 18.8 Å². The predicted octanol–water partition coefficient (Wildman–Crippen LogP) is 2.81. The first-order valence-electron chi connectivity index (χ1n) is 4.45. The van der Waals surface area contributed by atoms with Gasteiger partial charge in [-0.2, -0.15) is 0 Å². The lowest BCUT2D eigenvalue weighted by molar-refractivity contribution is 0.111. The summed E-state index contributed by atoms with van der Waals surface area (Å²) in [6.45, 7) is 1.55. The van der Waals surface area contributed by atoms with E-state index in [1.807, 2.05) is 5.38 Å². The van der Waals surface area contributed by atoms with Crippen molar-refractivity contribution in [2.75, 3.05) is 6.61 Å². The molecule has 1 aliphatic carbocycles. The van der Waals surface area contributed by atoms with Crippen LogP contribution in [0.25, 0.3) is 0 Å². The third-order valence-electron chi connectivity index (χ3n) is 2.01. The maximum atomic E-state index is 5.64. The number of hydrogen-bond donors (Lipinski definition) is 0. The van der Waals surface area contributed by atoms with E-state index in [1.54, 1.807) is 11.3 Å². The molecule has 4 heteroatoms. The lowest BCUT2D eigenvalue weighted by atomic mass is 10.5. The summed E-state index contributed by atoms with van der Waals surface area (Å²) >= 11 is 7.26. The number of ether oxygens (including phenoxy) is 1. The van der Waals surface area contributed by atoms with Crippen LogP contribution >= 0.6 is 22.9 Å². The summed E-state index contributed by atoms with van der Waals surface area (Å²) in [5.41, 5.74) is 0.955. The van der Waals surface area contributed by atoms with Gasteiger partial charge in [0.1, 0.15) is 5.01 Å². The lowest BCUT2D eigenvalue weighted by Crippen LogP contribution is -1.96. The van der Waals surface area contributed by atoms with E-state index in [1.165, 1.54) is 12.8 Å². The van der Waals surface area contributed by atoms with E-state index >= 15 is 0 Å². The minimum atomic E-state index is 0.499. The maximum Gasteiger partial charge on any atom is 0.119 e. The molecule has 1 aliphatic rings. The molecule has 13 heavy (non-hydrogen) atoms. The molecule has 0 spiro atoms. The fraction of sp³-hybridized carbons (Fsp3) is 0.667. The zero-order valence-corrected chi connectivity index (χ0v) is 8.90. The number of thiazole rings is 1. The highest BCUT2D eigenvalue weighted by Crippen LogP contribution is 2.29. The van der Waals surface area contributed by atoms with Crippen LogP contribution < -0.4 is 0 Å². The van der Waals surface area contributed by atoms with E-state index in [4.69, 9.17) is 16.3 Å². The van der Waals surface area contributed by atoms with Gasteiger partial charge in [-0.3, -0.25) is 0 Å². The molecule has 0 atom stereocenters. The third kappa shape index (κ3) is 2.93. The van der Waals surface area contributed by atoms with Crippen molar-refractivity contribution in [3.63, 3.8) is 0 Å². The highest BCUT2D eigenvalue weighted by molar-refractivity contribution is 7.09. The van der Waals surface area contributed by atoms with E-state index < -0.39 is 0 Å². The van der Waals surface area contributed by atoms with Crippen molar-refractivity contribution in [3.8, 4) is 0 Å². The molecular weight excluding hydrogens is 206 g/mol. The SMILES string of the molecule is ClCc1csc(COCC2CC2)n1. The van der Waals surface area contributed by atoms with Crippen LogP contribution in [0, 0.1) is 5.92 Å². The van der Waals surface area contributed by atoms with Gasteiger partial charge in [0, 0.05) is 12.0 Å². The topological polar surface area (TPSA) is 22.1 Å². The Morgan fingerprint density at radius 1 is 1.62 bits per heavy atom. The van der Waals surface area contributed by atoms with Gasteiger partial charge in [0.15, 0.2) is 0 Å². The fourth-order valence-electron chi connectivity index (χ4n) is 1.07. The number of alkyl halides is 1. The number of hydrogen-bond acceptors (Lipinski definition) is 3.